The minimum atomic E-state index is -0.527. The molecule has 1 aromatic rings. The van der Waals surface area contributed by atoms with Crippen LogP contribution in [0.2, 0.25) is 0 Å². The van der Waals surface area contributed by atoms with E-state index in [2.05, 4.69) is 17.1 Å². The number of nitrogens with one attached hydrogen (secondary N) is 1. The van der Waals surface area contributed by atoms with Crippen molar-refractivity contribution in [3.05, 3.63) is 24.2 Å². The van der Waals surface area contributed by atoms with Crippen molar-refractivity contribution in [3.63, 3.8) is 0 Å². The lowest BCUT2D eigenvalue weighted by molar-refractivity contribution is -0.134. The van der Waals surface area contributed by atoms with E-state index >= 15 is 0 Å². The maximum Gasteiger partial charge on any atom is 0.287 e. The molecule has 1 atom stereocenters. The van der Waals surface area contributed by atoms with Crippen molar-refractivity contribution in [1.82, 2.24) is 15.1 Å². The van der Waals surface area contributed by atoms with Gasteiger partial charge in [-0.25, -0.2) is 0 Å². The molecule has 1 aliphatic rings. The summed E-state index contributed by atoms with van der Waals surface area (Å²) in [6.45, 7) is 10.4. The predicted octanol–water partition coefficient (Wildman–Crippen LogP) is 1.59. The summed E-state index contributed by atoms with van der Waals surface area (Å²) in [5.74, 6) is -0.0895. The van der Waals surface area contributed by atoms with Crippen molar-refractivity contribution in [2.75, 3.05) is 32.7 Å². The van der Waals surface area contributed by atoms with E-state index in [9.17, 15) is 9.59 Å². The van der Waals surface area contributed by atoms with E-state index in [0.29, 0.717) is 6.54 Å². The molecular weight excluding hydrogens is 294 g/mol. The van der Waals surface area contributed by atoms with E-state index in [1.807, 2.05) is 18.7 Å². The van der Waals surface area contributed by atoms with Gasteiger partial charge in [-0.3, -0.25) is 9.59 Å². The third kappa shape index (κ3) is 4.58. The van der Waals surface area contributed by atoms with Crippen LogP contribution >= 0.6 is 0 Å². The van der Waals surface area contributed by atoms with E-state index in [0.717, 1.165) is 32.6 Å². The molecule has 128 valence electrons. The first-order valence-electron chi connectivity index (χ1n) is 8.38. The van der Waals surface area contributed by atoms with Gasteiger partial charge in [-0.2, -0.15) is 0 Å². The topological polar surface area (TPSA) is 65.8 Å². The van der Waals surface area contributed by atoms with Crippen LogP contribution in [0.3, 0.4) is 0 Å². The lowest BCUT2D eigenvalue weighted by Gasteiger charge is -2.28. The van der Waals surface area contributed by atoms with E-state index in [4.69, 9.17) is 4.42 Å². The molecule has 6 nitrogen and oxygen atoms in total. The smallest absolute Gasteiger partial charge is 0.287 e. The summed E-state index contributed by atoms with van der Waals surface area (Å²) in [5, 5.41) is 2.82. The first kappa shape index (κ1) is 17.5. The number of nitrogens with zero attached hydrogens (tertiary/aromatic N) is 2. The van der Waals surface area contributed by atoms with Crippen LogP contribution < -0.4 is 5.32 Å². The molecule has 1 saturated heterocycles. The van der Waals surface area contributed by atoms with Gasteiger partial charge in [0.25, 0.3) is 5.91 Å². The predicted molar refractivity (Wildman–Crippen MR) is 88.1 cm³/mol. The largest absolute Gasteiger partial charge is 0.459 e. The van der Waals surface area contributed by atoms with Gasteiger partial charge < -0.3 is 19.5 Å². The Labute approximate surface area is 137 Å². The Balaban J connectivity index is 2.02. The molecule has 6 heteroatoms. The zero-order valence-electron chi connectivity index (χ0n) is 14.2. The summed E-state index contributed by atoms with van der Waals surface area (Å²) in [7, 11) is 0. The average Bonchev–Trinajstić information content (AvgIpc) is 2.96. The van der Waals surface area contributed by atoms with Gasteiger partial charge in [-0.05, 0) is 37.6 Å². The Morgan fingerprint density at radius 2 is 2.04 bits per heavy atom. The Morgan fingerprint density at radius 3 is 2.65 bits per heavy atom. The first-order valence-corrected chi connectivity index (χ1v) is 8.38. The molecule has 1 fully saturated rings. The third-order valence-corrected chi connectivity index (χ3v) is 4.31. The molecule has 0 aromatic carbocycles. The molecule has 1 aromatic heterocycles. The fourth-order valence-corrected chi connectivity index (χ4v) is 2.84. The lowest BCUT2D eigenvalue weighted by Crippen LogP contribution is -2.52. The standard InChI is InChI=1S/C17H27N3O3/c1-4-19-8-6-9-20(11-10-19)17(22)15(13(2)3)18-16(21)14-7-5-12-23-14/h5,7,12-13,15H,4,6,8-11H2,1-3H3,(H,18,21). The highest BCUT2D eigenvalue weighted by Crippen LogP contribution is 2.11. The van der Waals surface area contributed by atoms with E-state index in [1.54, 1.807) is 12.1 Å². The second kappa shape index (κ2) is 8.15. The van der Waals surface area contributed by atoms with Gasteiger partial charge in [0.15, 0.2) is 5.76 Å². The number of carbonyl (C=O) groups is 2. The number of rotatable bonds is 5. The molecule has 23 heavy (non-hydrogen) atoms. The average molecular weight is 321 g/mol. The van der Waals surface area contributed by atoms with Crippen molar-refractivity contribution in [1.29, 1.82) is 0 Å². The van der Waals surface area contributed by atoms with E-state index in [1.165, 1.54) is 6.26 Å². The first-order chi connectivity index (χ1) is 11.0. The maximum absolute atomic E-state index is 12.9. The normalized spacial score (nSPS) is 17.8. The summed E-state index contributed by atoms with van der Waals surface area (Å²) in [6, 6.07) is 2.73. The van der Waals surface area contributed by atoms with Crippen molar-refractivity contribution >= 4 is 11.8 Å². The fraction of sp³-hybridized carbons (Fsp3) is 0.647. The van der Waals surface area contributed by atoms with Gasteiger partial charge >= 0.3 is 0 Å². The molecule has 0 aliphatic carbocycles. The molecule has 0 bridgehead atoms. The van der Waals surface area contributed by atoms with Gasteiger partial charge in [0, 0.05) is 19.6 Å². The van der Waals surface area contributed by atoms with E-state index in [-0.39, 0.29) is 23.5 Å². The number of furan rings is 1. The van der Waals surface area contributed by atoms with E-state index < -0.39 is 6.04 Å². The number of likely N-dealkylation sites (N-methyl/N-ethyl adjacent to an activating group) is 1. The number of hydrogen-bond acceptors (Lipinski definition) is 4. The second-order valence-electron chi connectivity index (χ2n) is 6.29. The van der Waals surface area contributed by atoms with Crippen LogP contribution in [0.1, 0.15) is 37.7 Å². The highest BCUT2D eigenvalue weighted by Gasteiger charge is 2.30. The molecule has 2 amide bonds. The Bertz CT molecular complexity index is 513. The Kier molecular flexibility index (Phi) is 6.21. The van der Waals surface area contributed by atoms with Gasteiger partial charge in [0.1, 0.15) is 6.04 Å². The van der Waals surface area contributed by atoms with Crippen molar-refractivity contribution < 1.29 is 14.0 Å². The molecule has 0 saturated carbocycles. The highest BCUT2D eigenvalue weighted by molar-refractivity contribution is 5.95. The highest BCUT2D eigenvalue weighted by atomic mass is 16.3. The maximum atomic E-state index is 12.9. The SMILES string of the molecule is CCN1CCCN(C(=O)C(NC(=O)c2ccco2)C(C)C)CC1. The monoisotopic (exact) mass is 321 g/mol. The van der Waals surface area contributed by atoms with Crippen LogP contribution in [-0.4, -0.2) is 60.4 Å². The zero-order chi connectivity index (χ0) is 16.8. The quantitative estimate of drug-likeness (QED) is 0.894. The molecule has 1 aliphatic heterocycles. The summed E-state index contributed by atoms with van der Waals surface area (Å²) in [5.41, 5.74) is 0. The summed E-state index contributed by atoms with van der Waals surface area (Å²) < 4.78 is 5.11. The molecule has 2 heterocycles. The molecule has 0 spiro atoms. The third-order valence-electron chi connectivity index (χ3n) is 4.31. The Morgan fingerprint density at radius 1 is 1.26 bits per heavy atom. The van der Waals surface area contributed by atoms with Gasteiger partial charge in [0.05, 0.1) is 6.26 Å². The second-order valence-corrected chi connectivity index (χ2v) is 6.29. The minimum absolute atomic E-state index is 0.00198. The van der Waals surface area contributed by atoms with Crippen LogP contribution in [0, 0.1) is 5.92 Å². The fourth-order valence-electron chi connectivity index (χ4n) is 2.84. The minimum Gasteiger partial charge on any atom is -0.459 e. The van der Waals surface area contributed by atoms with Crippen LogP contribution in [-0.2, 0) is 4.79 Å². The summed E-state index contributed by atoms with van der Waals surface area (Å²) in [6.07, 6.45) is 2.42. The van der Waals surface area contributed by atoms with Crippen LogP contribution in [0.25, 0.3) is 0 Å². The molecular formula is C17H27N3O3. The van der Waals surface area contributed by atoms with Crippen LogP contribution in [0.15, 0.2) is 22.8 Å². The van der Waals surface area contributed by atoms with Crippen LogP contribution in [0.4, 0.5) is 0 Å². The lowest BCUT2D eigenvalue weighted by atomic mass is 10.0. The molecule has 1 N–H and O–H groups in total. The zero-order valence-corrected chi connectivity index (χ0v) is 14.2. The summed E-state index contributed by atoms with van der Waals surface area (Å²) in [4.78, 5) is 29.3. The number of carbonyl (C=O) groups excluding carboxylic acids is 2. The number of amides is 2. The van der Waals surface area contributed by atoms with Crippen LogP contribution in [0.5, 0.6) is 0 Å². The summed E-state index contributed by atoms with van der Waals surface area (Å²) >= 11 is 0. The molecule has 0 radical (unpaired) electrons. The molecule has 1 unspecified atom stereocenters. The van der Waals surface area contributed by atoms with Crippen molar-refractivity contribution in [2.24, 2.45) is 5.92 Å². The molecule has 2 rings (SSSR count). The van der Waals surface area contributed by atoms with Gasteiger partial charge in [0.2, 0.25) is 5.91 Å². The van der Waals surface area contributed by atoms with Gasteiger partial charge in [-0.15, -0.1) is 0 Å². The van der Waals surface area contributed by atoms with Gasteiger partial charge in [-0.1, -0.05) is 20.8 Å². The van der Waals surface area contributed by atoms with Crippen molar-refractivity contribution in [2.45, 2.75) is 33.2 Å². The van der Waals surface area contributed by atoms with Crippen molar-refractivity contribution in [3.8, 4) is 0 Å². The number of hydrogen-bond donors (Lipinski definition) is 1. The Hall–Kier alpha value is -1.82.